The minimum atomic E-state index is -0.0960. The fraction of sp³-hybridized carbons (Fsp3) is 0.438. The van der Waals surface area contributed by atoms with Gasteiger partial charge in [0, 0.05) is 12.3 Å². The van der Waals surface area contributed by atoms with Gasteiger partial charge in [0.25, 0.3) is 0 Å². The molecule has 3 rings (SSSR count). The molecule has 0 radical (unpaired) electrons. The molecule has 1 aliphatic heterocycles. The lowest BCUT2D eigenvalue weighted by molar-refractivity contribution is -0.129. The third-order valence-corrected chi connectivity index (χ3v) is 3.97. The molecule has 1 unspecified atom stereocenters. The Morgan fingerprint density at radius 3 is 2.35 bits per heavy atom. The van der Waals surface area contributed by atoms with E-state index in [1.807, 2.05) is 24.3 Å². The van der Waals surface area contributed by atoms with Gasteiger partial charge in [0.2, 0.25) is 0 Å². The van der Waals surface area contributed by atoms with Gasteiger partial charge in [0.15, 0.2) is 0 Å². The van der Waals surface area contributed by atoms with Crippen LogP contribution in [-0.4, -0.2) is 5.78 Å². The van der Waals surface area contributed by atoms with E-state index in [0.29, 0.717) is 6.42 Å². The molecule has 0 bridgehead atoms. The predicted molar refractivity (Wildman–Crippen MR) is 74.0 cm³/mol. The van der Waals surface area contributed by atoms with Crippen LogP contribution in [-0.2, 0) is 4.79 Å². The lowest BCUT2D eigenvalue weighted by Crippen LogP contribution is -2.44. The van der Waals surface area contributed by atoms with E-state index < -0.39 is 0 Å². The summed E-state index contributed by atoms with van der Waals surface area (Å²) in [7, 11) is 0. The Kier molecular flexibility index (Phi) is 3.49. The molecule has 0 amide bonds. The Hall–Kier alpha value is -1.81. The largest absolute Gasteiger partial charge is 0.468 e. The van der Waals surface area contributed by atoms with Gasteiger partial charge in [-0.1, -0.05) is 13.8 Å². The average molecular weight is 273 g/mol. The highest BCUT2D eigenvalue weighted by Crippen LogP contribution is 2.38. The van der Waals surface area contributed by atoms with Crippen LogP contribution in [0.15, 0.2) is 45.6 Å². The molecule has 3 heterocycles. The molecule has 1 fully saturated rings. The zero-order valence-corrected chi connectivity index (χ0v) is 11.7. The molecule has 0 aromatic carbocycles. The number of Topliss-reactive ketones (excluding diaryl/α,β-unsaturated/α-hetero) is 1. The first-order valence-electron chi connectivity index (χ1n) is 7.02. The van der Waals surface area contributed by atoms with Crippen molar-refractivity contribution in [2.45, 2.75) is 32.4 Å². The molecule has 4 nitrogen and oxygen atoms in total. The molecule has 0 aliphatic carbocycles. The second-order valence-corrected chi connectivity index (χ2v) is 5.67. The van der Waals surface area contributed by atoms with Crippen molar-refractivity contribution < 1.29 is 13.6 Å². The summed E-state index contributed by atoms with van der Waals surface area (Å²) in [5.41, 5.74) is 0. The number of hydrogen-bond acceptors (Lipinski definition) is 4. The average Bonchev–Trinajstić information content (AvgIpc) is 3.11. The molecule has 3 atom stereocenters. The SMILES string of the molecule is CC(C)C1C(=O)C[C@@H](c2ccco2)N[C@H]1c1ccco1. The predicted octanol–water partition coefficient (Wildman–Crippen LogP) is 3.49. The Morgan fingerprint density at radius 2 is 1.80 bits per heavy atom. The quantitative estimate of drug-likeness (QED) is 0.930. The van der Waals surface area contributed by atoms with Crippen LogP contribution < -0.4 is 5.32 Å². The zero-order valence-electron chi connectivity index (χ0n) is 11.7. The van der Waals surface area contributed by atoms with E-state index in [4.69, 9.17) is 8.83 Å². The molecule has 1 N–H and O–H groups in total. The summed E-state index contributed by atoms with van der Waals surface area (Å²) in [5, 5.41) is 3.51. The summed E-state index contributed by atoms with van der Waals surface area (Å²) < 4.78 is 11.0. The van der Waals surface area contributed by atoms with Crippen LogP contribution in [0.1, 0.15) is 43.9 Å². The van der Waals surface area contributed by atoms with E-state index >= 15 is 0 Å². The molecule has 4 heteroatoms. The molecule has 0 spiro atoms. The van der Waals surface area contributed by atoms with Crippen LogP contribution in [0.5, 0.6) is 0 Å². The van der Waals surface area contributed by atoms with Gasteiger partial charge in [-0.05, 0) is 30.2 Å². The number of ketones is 1. The zero-order chi connectivity index (χ0) is 14.1. The van der Waals surface area contributed by atoms with E-state index in [1.54, 1.807) is 12.5 Å². The minimum Gasteiger partial charge on any atom is -0.468 e. The molecule has 20 heavy (non-hydrogen) atoms. The summed E-state index contributed by atoms with van der Waals surface area (Å²) in [6.45, 7) is 4.15. The van der Waals surface area contributed by atoms with Gasteiger partial charge in [0.05, 0.1) is 24.6 Å². The first kappa shape index (κ1) is 13.2. The number of nitrogens with one attached hydrogen (secondary N) is 1. The molecule has 1 saturated heterocycles. The Morgan fingerprint density at radius 1 is 1.15 bits per heavy atom. The van der Waals surface area contributed by atoms with Crippen molar-refractivity contribution in [3.8, 4) is 0 Å². The Labute approximate surface area is 118 Å². The highest BCUT2D eigenvalue weighted by atomic mass is 16.3. The maximum atomic E-state index is 12.5. The van der Waals surface area contributed by atoms with Crippen LogP contribution in [0, 0.1) is 11.8 Å². The van der Waals surface area contributed by atoms with Crippen molar-refractivity contribution in [2.75, 3.05) is 0 Å². The number of rotatable bonds is 3. The lowest BCUT2D eigenvalue weighted by atomic mass is 9.77. The van der Waals surface area contributed by atoms with Crippen molar-refractivity contribution in [3.63, 3.8) is 0 Å². The molecular weight excluding hydrogens is 254 g/mol. The van der Waals surface area contributed by atoms with Crippen molar-refractivity contribution >= 4 is 5.78 Å². The molecule has 2 aromatic rings. The Bertz CT molecular complexity index is 557. The molecular formula is C16H19NO3. The van der Waals surface area contributed by atoms with Crippen molar-refractivity contribution in [2.24, 2.45) is 11.8 Å². The monoisotopic (exact) mass is 273 g/mol. The maximum Gasteiger partial charge on any atom is 0.140 e. The van der Waals surface area contributed by atoms with E-state index in [0.717, 1.165) is 11.5 Å². The summed E-state index contributed by atoms with van der Waals surface area (Å²) in [6, 6.07) is 7.35. The molecule has 106 valence electrons. The summed E-state index contributed by atoms with van der Waals surface area (Å²) >= 11 is 0. The third kappa shape index (κ3) is 2.31. The standard InChI is InChI=1S/C16H19NO3/c1-10(2)15-12(18)9-11(13-5-3-7-19-13)17-16(15)14-6-4-8-20-14/h3-8,10-11,15-17H,9H2,1-2H3/t11-,15?,16-/m0/s1. The van der Waals surface area contributed by atoms with Crippen molar-refractivity contribution in [1.29, 1.82) is 0 Å². The number of hydrogen-bond donors (Lipinski definition) is 1. The van der Waals surface area contributed by atoms with E-state index in [-0.39, 0.29) is 29.7 Å². The van der Waals surface area contributed by atoms with Gasteiger partial charge >= 0.3 is 0 Å². The van der Waals surface area contributed by atoms with Gasteiger partial charge in [-0.2, -0.15) is 0 Å². The molecule has 0 saturated carbocycles. The van der Waals surface area contributed by atoms with Gasteiger partial charge in [0.1, 0.15) is 17.3 Å². The number of carbonyl (C=O) groups is 1. The molecule has 1 aliphatic rings. The van der Waals surface area contributed by atoms with E-state index in [9.17, 15) is 4.79 Å². The normalized spacial score (nSPS) is 27.1. The highest BCUT2D eigenvalue weighted by molar-refractivity contribution is 5.83. The number of piperidine rings is 1. The van der Waals surface area contributed by atoms with E-state index in [1.165, 1.54) is 0 Å². The first-order chi connectivity index (χ1) is 9.66. The second kappa shape index (κ2) is 5.29. The Balaban J connectivity index is 1.91. The fourth-order valence-corrected chi connectivity index (χ4v) is 3.06. The van der Waals surface area contributed by atoms with Gasteiger partial charge in [-0.15, -0.1) is 0 Å². The van der Waals surface area contributed by atoms with Crippen LogP contribution in [0.3, 0.4) is 0 Å². The smallest absolute Gasteiger partial charge is 0.140 e. The highest BCUT2D eigenvalue weighted by Gasteiger charge is 2.41. The lowest BCUT2D eigenvalue weighted by Gasteiger charge is -2.36. The molecule has 2 aromatic heterocycles. The number of carbonyl (C=O) groups excluding carboxylic acids is 1. The summed E-state index contributed by atoms with van der Waals surface area (Å²) in [6.07, 6.45) is 3.75. The van der Waals surface area contributed by atoms with Crippen LogP contribution in [0.25, 0.3) is 0 Å². The van der Waals surface area contributed by atoms with Crippen molar-refractivity contribution in [1.82, 2.24) is 5.32 Å². The third-order valence-electron chi connectivity index (χ3n) is 3.97. The summed E-state index contributed by atoms with van der Waals surface area (Å²) in [5.74, 6) is 2.09. The van der Waals surface area contributed by atoms with Crippen LogP contribution in [0.2, 0.25) is 0 Å². The maximum absolute atomic E-state index is 12.5. The van der Waals surface area contributed by atoms with Crippen molar-refractivity contribution in [3.05, 3.63) is 48.3 Å². The number of furan rings is 2. The minimum absolute atomic E-state index is 0.0626. The van der Waals surface area contributed by atoms with Gasteiger partial charge < -0.3 is 8.83 Å². The second-order valence-electron chi connectivity index (χ2n) is 5.67. The van der Waals surface area contributed by atoms with Crippen LogP contribution in [0.4, 0.5) is 0 Å². The topological polar surface area (TPSA) is 55.4 Å². The fourth-order valence-electron chi connectivity index (χ4n) is 3.06. The van der Waals surface area contributed by atoms with E-state index in [2.05, 4.69) is 19.2 Å². The van der Waals surface area contributed by atoms with Gasteiger partial charge in [-0.25, -0.2) is 0 Å². The van der Waals surface area contributed by atoms with Crippen LogP contribution >= 0.6 is 0 Å². The summed E-state index contributed by atoms with van der Waals surface area (Å²) in [4.78, 5) is 12.5. The van der Waals surface area contributed by atoms with Gasteiger partial charge in [-0.3, -0.25) is 10.1 Å². The first-order valence-corrected chi connectivity index (χ1v) is 7.02.